The van der Waals surface area contributed by atoms with Crippen LogP contribution in [0.15, 0.2) is 96.2 Å². The molecule has 0 fully saturated rings. The molecule has 1 atom stereocenters. The van der Waals surface area contributed by atoms with Gasteiger partial charge in [-0.05, 0) is 35.1 Å². The third-order valence-corrected chi connectivity index (χ3v) is 6.32. The zero-order valence-corrected chi connectivity index (χ0v) is 18.1. The molecule has 31 heavy (non-hydrogen) atoms. The van der Waals surface area contributed by atoms with Crippen LogP contribution in [0.4, 0.5) is 11.4 Å². The van der Waals surface area contributed by atoms with Crippen LogP contribution in [0.2, 0.25) is 0 Å². The fourth-order valence-electron chi connectivity index (χ4n) is 4.99. The number of nitrogens with zero attached hydrogens (tertiary/aromatic N) is 1. The van der Waals surface area contributed by atoms with Crippen molar-refractivity contribution in [3.8, 4) is 0 Å². The lowest BCUT2D eigenvalue weighted by Crippen LogP contribution is -2.36. The van der Waals surface area contributed by atoms with Crippen LogP contribution in [0.1, 0.15) is 43.9 Å². The van der Waals surface area contributed by atoms with Crippen molar-refractivity contribution in [3.63, 3.8) is 0 Å². The molecular formula is C28H28N2O. The summed E-state index contributed by atoms with van der Waals surface area (Å²) in [5.41, 5.74) is 6.50. The summed E-state index contributed by atoms with van der Waals surface area (Å²) in [6.45, 7) is 5.10. The Morgan fingerprint density at radius 3 is 2.26 bits per heavy atom. The Hall–Kier alpha value is -3.33. The van der Waals surface area contributed by atoms with Gasteiger partial charge in [-0.3, -0.25) is 4.79 Å². The van der Waals surface area contributed by atoms with E-state index in [4.69, 9.17) is 0 Å². The average Bonchev–Trinajstić information content (AvgIpc) is 2.89. The molecule has 1 aliphatic carbocycles. The van der Waals surface area contributed by atoms with Gasteiger partial charge in [0, 0.05) is 24.2 Å². The molecule has 1 N–H and O–H groups in total. The number of ketones is 1. The largest absolute Gasteiger partial charge is 0.357 e. The van der Waals surface area contributed by atoms with Gasteiger partial charge in [0.1, 0.15) is 0 Å². The molecule has 0 unspecified atom stereocenters. The van der Waals surface area contributed by atoms with E-state index in [1.54, 1.807) is 0 Å². The number of hydrogen-bond acceptors (Lipinski definition) is 3. The lowest BCUT2D eigenvalue weighted by molar-refractivity contribution is -0.118. The second kappa shape index (κ2) is 7.73. The Balaban J connectivity index is 1.74. The summed E-state index contributed by atoms with van der Waals surface area (Å²) in [6.07, 6.45) is 1.44. The van der Waals surface area contributed by atoms with Crippen molar-refractivity contribution in [2.24, 2.45) is 5.41 Å². The lowest BCUT2D eigenvalue weighted by Gasteiger charge is -2.38. The van der Waals surface area contributed by atoms with Crippen LogP contribution in [-0.4, -0.2) is 5.78 Å². The van der Waals surface area contributed by atoms with Crippen LogP contribution in [0.5, 0.6) is 0 Å². The second-order valence-electron chi connectivity index (χ2n) is 9.40. The number of Topliss-reactive ketones (excluding diaryl/α,β-unsaturated/α-hetero) is 1. The lowest BCUT2D eigenvalue weighted by atomic mass is 9.73. The summed E-state index contributed by atoms with van der Waals surface area (Å²) in [7, 11) is 0. The van der Waals surface area contributed by atoms with E-state index >= 15 is 0 Å². The molecule has 1 heterocycles. The van der Waals surface area contributed by atoms with E-state index in [0.29, 0.717) is 6.42 Å². The molecule has 3 aromatic rings. The van der Waals surface area contributed by atoms with Crippen LogP contribution in [-0.2, 0) is 11.3 Å². The van der Waals surface area contributed by atoms with Crippen molar-refractivity contribution in [1.82, 2.24) is 0 Å². The Morgan fingerprint density at radius 2 is 1.52 bits per heavy atom. The van der Waals surface area contributed by atoms with Crippen LogP contribution in [0.3, 0.4) is 0 Å². The number of benzene rings is 3. The van der Waals surface area contributed by atoms with Crippen LogP contribution < -0.4 is 10.2 Å². The summed E-state index contributed by atoms with van der Waals surface area (Å²) in [5, 5.41) is 3.68. The highest BCUT2D eigenvalue weighted by molar-refractivity contribution is 6.01. The zero-order chi connectivity index (χ0) is 21.4. The minimum atomic E-state index is -0.129. The summed E-state index contributed by atoms with van der Waals surface area (Å²) >= 11 is 0. The van der Waals surface area contributed by atoms with E-state index in [2.05, 4.69) is 96.9 Å². The number of hydrogen-bond donors (Lipinski definition) is 1. The number of para-hydroxylation sites is 2. The standard InChI is InChI=1S/C28H28N2O/c1-28(2)17-23-26(25(31)18-28)27(21-13-7-4-8-14-21)30(19-20-11-5-3-6-12-20)24-16-10-9-15-22(24)29-23/h3-16,27,29H,17-19H2,1-2H3/t27-/m0/s1. The first-order valence-electron chi connectivity index (χ1n) is 11.0. The van der Waals surface area contributed by atoms with E-state index in [0.717, 1.165) is 41.2 Å². The first-order chi connectivity index (χ1) is 15.0. The molecule has 0 aromatic heterocycles. The van der Waals surface area contributed by atoms with E-state index in [1.165, 1.54) is 5.56 Å². The SMILES string of the molecule is CC1(C)CC(=O)C2=C(C1)Nc1ccccc1N(Cc1ccccc1)[C@H]2c1ccccc1. The number of carbonyl (C=O) groups is 1. The monoisotopic (exact) mass is 408 g/mol. The number of nitrogens with one attached hydrogen (secondary N) is 1. The highest BCUT2D eigenvalue weighted by Crippen LogP contribution is 2.48. The normalized spacial score (nSPS) is 19.9. The number of carbonyl (C=O) groups excluding carboxylic acids is 1. The van der Waals surface area contributed by atoms with Gasteiger partial charge >= 0.3 is 0 Å². The van der Waals surface area contributed by atoms with Crippen molar-refractivity contribution in [3.05, 3.63) is 107 Å². The molecule has 3 heteroatoms. The maximum atomic E-state index is 13.6. The molecule has 0 saturated heterocycles. The third kappa shape index (κ3) is 3.76. The van der Waals surface area contributed by atoms with Crippen LogP contribution in [0, 0.1) is 5.41 Å². The van der Waals surface area contributed by atoms with E-state index in [9.17, 15) is 4.79 Å². The van der Waals surface area contributed by atoms with Crippen LogP contribution >= 0.6 is 0 Å². The molecular weight excluding hydrogens is 380 g/mol. The minimum absolute atomic E-state index is 0.0479. The van der Waals surface area contributed by atoms with Crippen molar-refractivity contribution in [2.45, 2.75) is 39.3 Å². The number of fused-ring (bicyclic) bond motifs is 1. The predicted octanol–water partition coefficient (Wildman–Crippen LogP) is 6.50. The first-order valence-corrected chi connectivity index (χ1v) is 11.0. The molecule has 5 rings (SSSR count). The predicted molar refractivity (Wildman–Crippen MR) is 127 cm³/mol. The van der Waals surface area contributed by atoms with Crippen LogP contribution in [0.25, 0.3) is 0 Å². The molecule has 0 spiro atoms. The molecule has 0 amide bonds. The molecule has 0 radical (unpaired) electrons. The van der Waals surface area contributed by atoms with Gasteiger partial charge in [0.25, 0.3) is 0 Å². The Morgan fingerprint density at radius 1 is 0.871 bits per heavy atom. The van der Waals surface area contributed by atoms with E-state index < -0.39 is 0 Å². The number of anilines is 2. The van der Waals surface area contributed by atoms with Gasteiger partial charge in [-0.25, -0.2) is 0 Å². The van der Waals surface area contributed by atoms with E-state index in [-0.39, 0.29) is 17.2 Å². The first kappa shape index (κ1) is 19.6. The van der Waals surface area contributed by atoms with Gasteiger partial charge in [0.05, 0.1) is 17.4 Å². The number of rotatable bonds is 3. The highest BCUT2D eigenvalue weighted by atomic mass is 16.1. The molecule has 3 aromatic carbocycles. The van der Waals surface area contributed by atoms with Gasteiger partial charge in [-0.15, -0.1) is 0 Å². The van der Waals surface area contributed by atoms with Crippen molar-refractivity contribution in [1.29, 1.82) is 0 Å². The third-order valence-electron chi connectivity index (χ3n) is 6.32. The fraction of sp³-hybridized carbons (Fsp3) is 0.250. The minimum Gasteiger partial charge on any atom is -0.357 e. The summed E-state index contributed by atoms with van der Waals surface area (Å²) in [4.78, 5) is 16.0. The quantitative estimate of drug-likeness (QED) is 0.537. The summed E-state index contributed by atoms with van der Waals surface area (Å²) in [6, 6.07) is 29.3. The molecule has 0 saturated carbocycles. The van der Waals surface area contributed by atoms with Gasteiger partial charge in [-0.2, -0.15) is 0 Å². The molecule has 1 aliphatic heterocycles. The van der Waals surface area contributed by atoms with Gasteiger partial charge in [0.2, 0.25) is 0 Å². The average molecular weight is 409 g/mol. The van der Waals surface area contributed by atoms with Crippen molar-refractivity contribution in [2.75, 3.05) is 10.2 Å². The molecule has 0 bridgehead atoms. The second-order valence-corrected chi connectivity index (χ2v) is 9.40. The molecule has 2 aliphatic rings. The summed E-state index contributed by atoms with van der Waals surface area (Å²) < 4.78 is 0. The molecule has 3 nitrogen and oxygen atoms in total. The van der Waals surface area contributed by atoms with Gasteiger partial charge < -0.3 is 10.2 Å². The number of allylic oxidation sites excluding steroid dienone is 1. The molecule has 156 valence electrons. The maximum absolute atomic E-state index is 13.6. The smallest absolute Gasteiger partial charge is 0.163 e. The Bertz CT molecular complexity index is 1130. The summed E-state index contributed by atoms with van der Waals surface area (Å²) in [5.74, 6) is 0.249. The van der Waals surface area contributed by atoms with Gasteiger partial charge in [0.15, 0.2) is 5.78 Å². The van der Waals surface area contributed by atoms with E-state index in [1.807, 2.05) is 12.1 Å². The topological polar surface area (TPSA) is 32.3 Å². The fourth-order valence-corrected chi connectivity index (χ4v) is 4.99. The zero-order valence-electron chi connectivity index (χ0n) is 18.1. The Kier molecular flexibility index (Phi) is 4.90. The van der Waals surface area contributed by atoms with Crippen molar-refractivity contribution >= 4 is 17.2 Å². The Labute approximate surface area is 184 Å². The van der Waals surface area contributed by atoms with Gasteiger partial charge in [-0.1, -0.05) is 86.6 Å². The van der Waals surface area contributed by atoms with Crippen molar-refractivity contribution < 1.29 is 4.79 Å². The highest BCUT2D eigenvalue weighted by Gasteiger charge is 2.41. The maximum Gasteiger partial charge on any atom is 0.163 e.